The van der Waals surface area contributed by atoms with Crippen LogP contribution < -0.4 is 4.90 Å². The molecule has 7 aromatic carbocycles. The summed E-state index contributed by atoms with van der Waals surface area (Å²) in [5.41, 5.74) is 24.3. The first-order chi connectivity index (χ1) is 31.1. The van der Waals surface area contributed by atoms with Gasteiger partial charge in [0.1, 0.15) is 0 Å². The molecule has 0 fully saturated rings. The highest BCUT2D eigenvalue weighted by Crippen LogP contribution is 2.51. The molecule has 0 bridgehead atoms. The molecule has 2 atom stereocenters. The monoisotopic (exact) mass is 812 g/mol. The minimum atomic E-state index is 0.238. The number of hydrogen-bond donors (Lipinski definition) is 0. The van der Waals surface area contributed by atoms with Crippen LogP contribution in [0, 0.1) is 5.92 Å². The highest BCUT2D eigenvalue weighted by molar-refractivity contribution is 6.11. The average molecular weight is 813 g/mol. The van der Waals surface area contributed by atoms with E-state index in [1.165, 1.54) is 124 Å². The molecule has 1 aromatic heterocycles. The Labute approximate surface area is 371 Å². The number of benzene rings is 7. The maximum Gasteiger partial charge on any atom is 0.0633 e. The van der Waals surface area contributed by atoms with Crippen molar-refractivity contribution < 1.29 is 0 Å². The smallest absolute Gasteiger partial charge is 0.0633 e. The highest BCUT2D eigenvalue weighted by Gasteiger charge is 2.36. The van der Waals surface area contributed by atoms with Gasteiger partial charge < -0.3 is 9.47 Å². The molecule has 2 unspecified atom stereocenters. The van der Waals surface area contributed by atoms with E-state index in [0.717, 1.165) is 32.1 Å². The highest BCUT2D eigenvalue weighted by atomic mass is 15.2. The Bertz CT molecular complexity index is 3210. The Morgan fingerprint density at radius 3 is 2.16 bits per heavy atom. The van der Waals surface area contributed by atoms with Gasteiger partial charge in [-0.3, -0.25) is 0 Å². The van der Waals surface area contributed by atoms with Gasteiger partial charge in [-0.15, -0.1) is 0 Å². The van der Waals surface area contributed by atoms with Gasteiger partial charge in [0.05, 0.1) is 17.1 Å². The van der Waals surface area contributed by atoms with Crippen molar-refractivity contribution in [2.75, 3.05) is 4.90 Å². The Kier molecular flexibility index (Phi) is 9.29. The summed E-state index contributed by atoms with van der Waals surface area (Å²) in [7, 11) is 0. The van der Waals surface area contributed by atoms with Crippen LogP contribution in [-0.2, 0) is 19.3 Å². The number of hydrogen-bond acceptors (Lipinski definition) is 1. The van der Waals surface area contributed by atoms with Crippen LogP contribution in [0.3, 0.4) is 0 Å². The van der Waals surface area contributed by atoms with Gasteiger partial charge in [0.25, 0.3) is 0 Å². The molecule has 12 rings (SSSR count). The molecule has 1 aliphatic heterocycles. The summed E-state index contributed by atoms with van der Waals surface area (Å²) in [5.74, 6) is 0.510. The van der Waals surface area contributed by atoms with Crippen molar-refractivity contribution in [3.63, 3.8) is 0 Å². The molecule has 3 aliphatic carbocycles. The standard InChI is InChI=1S/C61H52N2/c1-3-4-15-41-25-33-57-52(37-41)54-39-45(29-35-59(54)62(57)46-18-9-6-10-19-46)44-28-34-58-53(38-44)48-20-13-14-23-56(48)63(58)47-30-26-43(27-31-47)60-49-21-11-12-22-50(49)61(42-16-7-5-8-17-42)55-36-40(2)24-32-51(55)60/h5-10,12-14,16-20,22-33,35,37-40,58H,3-4,11,15,21,34,36H2,1-2H3. The van der Waals surface area contributed by atoms with Gasteiger partial charge in [-0.1, -0.05) is 142 Å². The van der Waals surface area contributed by atoms with E-state index < -0.39 is 0 Å². The van der Waals surface area contributed by atoms with Crippen LogP contribution in [0.4, 0.5) is 11.4 Å². The summed E-state index contributed by atoms with van der Waals surface area (Å²) in [6.45, 7) is 4.63. The van der Waals surface area contributed by atoms with E-state index in [1.54, 1.807) is 0 Å². The van der Waals surface area contributed by atoms with E-state index in [4.69, 9.17) is 0 Å². The van der Waals surface area contributed by atoms with Crippen LogP contribution in [0.1, 0.15) is 78.5 Å². The van der Waals surface area contributed by atoms with Crippen molar-refractivity contribution in [3.05, 3.63) is 209 Å². The van der Waals surface area contributed by atoms with Crippen molar-refractivity contribution >= 4 is 56.5 Å². The first kappa shape index (κ1) is 37.8. The van der Waals surface area contributed by atoms with Gasteiger partial charge in [0.2, 0.25) is 0 Å². The Morgan fingerprint density at radius 2 is 1.33 bits per heavy atom. The van der Waals surface area contributed by atoms with Crippen molar-refractivity contribution in [2.45, 2.75) is 64.8 Å². The molecule has 0 saturated carbocycles. The predicted molar refractivity (Wildman–Crippen MR) is 269 cm³/mol. The van der Waals surface area contributed by atoms with Crippen LogP contribution in [-0.4, -0.2) is 10.6 Å². The molecule has 4 aliphatic rings. The van der Waals surface area contributed by atoms with Crippen molar-refractivity contribution in [1.82, 2.24) is 4.57 Å². The van der Waals surface area contributed by atoms with Crippen molar-refractivity contribution in [3.8, 4) is 27.9 Å². The molecule has 0 radical (unpaired) electrons. The first-order valence-electron chi connectivity index (χ1n) is 23.3. The number of fused-ring (bicyclic) bond motifs is 8. The zero-order chi connectivity index (χ0) is 42.0. The van der Waals surface area contributed by atoms with Crippen LogP contribution in [0.2, 0.25) is 0 Å². The molecule has 8 aromatic rings. The fraction of sp³-hybridized carbons (Fsp3) is 0.180. The molecule has 2 heteroatoms. The number of aryl methyl sites for hydroxylation is 1. The summed E-state index contributed by atoms with van der Waals surface area (Å²) in [6, 6.07) is 55.1. The number of unbranched alkanes of at least 4 members (excludes halogenated alkanes) is 1. The Balaban J connectivity index is 0.918. The second-order valence-electron chi connectivity index (χ2n) is 18.2. The molecule has 0 saturated heterocycles. The lowest BCUT2D eigenvalue weighted by molar-refractivity contribution is 0.718. The van der Waals surface area contributed by atoms with E-state index in [0.29, 0.717) is 5.92 Å². The largest absolute Gasteiger partial charge is 0.333 e. The summed E-state index contributed by atoms with van der Waals surface area (Å²) in [4.78, 5) is 2.60. The summed E-state index contributed by atoms with van der Waals surface area (Å²) < 4.78 is 2.44. The van der Waals surface area contributed by atoms with E-state index >= 15 is 0 Å². The summed E-state index contributed by atoms with van der Waals surface area (Å²) >= 11 is 0. The Hall–Kier alpha value is -6.90. The number of rotatable bonds is 8. The zero-order valence-electron chi connectivity index (χ0n) is 36.3. The molecular formula is C61H52N2. The van der Waals surface area contributed by atoms with Crippen molar-refractivity contribution in [2.24, 2.45) is 5.92 Å². The van der Waals surface area contributed by atoms with E-state index in [1.807, 2.05) is 0 Å². The van der Waals surface area contributed by atoms with Crippen LogP contribution in [0.15, 0.2) is 170 Å². The minimum Gasteiger partial charge on any atom is -0.333 e. The summed E-state index contributed by atoms with van der Waals surface area (Å²) in [6.07, 6.45) is 22.3. The van der Waals surface area contributed by atoms with Crippen LogP contribution >= 0.6 is 0 Å². The normalized spacial score (nSPS) is 17.3. The summed E-state index contributed by atoms with van der Waals surface area (Å²) in [5, 5.41) is 2.65. The minimum absolute atomic E-state index is 0.238. The molecule has 0 amide bonds. The lowest BCUT2D eigenvalue weighted by Crippen LogP contribution is -2.27. The fourth-order valence-electron chi connectivity index (χ4n) is 11.3. The molecule has 2 nitrogen and oxygen atoms in total. The van der Waals surface area contributed by atoms with Crippen LogP contribution in [0.5, 0.6) is 0 Å². The van der Waals surface area contributed by atoms with Gasteiger partial charge in [-0.2, -0.15) is 0 Å². The molecule has 0 spiro atoms. The SMILES string of the molecule is CCCCc1ccc2c(c1)c1cc(C3=CCC4C(=C3)c3ccccc3N4c3ccc(-c4c5c(c(-c6ccccc6)c6c4CCC=C6)CC(C)C=C5)cc3)ccc1n2-c1ccccc1. The van der Waals surface area contributed by atoms with Gasteiger partial charge in [0, 0.05) is 33.4 Å². The van der Waals surface area contributed by atoms with E-state index in [2.05, 4.69) is 205 Å². The van der Waals surface area contributed by atoms with E-state index in [9.17, 15) is 0 Å². The second kappa shape index (κ2) is 15.5. The third-order valence-corrected chi connectivity index (χ3v) is 14.3. The zero-order valence-corrected chi connectivity index (χ0v) is 36.3. The second-order valence-corrected chi connectivity index (χ2v) is 18.2. The molecule has 2 heterocycles. The van der Waals surface area contributed by atoms with Gasteiger partial charge in [0.15, 0.2) is 0 Å². The lowest BCUT2D eigenvalue weighted by atomic mass is 9.74. The molecular weight excluding hydrogens is 761 g/mol. The molecule has 63 heavy (non-hydrogen) atoms. The van der Waals surface area contributed by atoms with Gasteiger partial charge >= 0.3 is 0 Å². The molecule has 0 N–H and O–H groups in total. The maximum atomic E-state index is 2.60. The quantitative estimate of drug-likeness (QED) is 0.148. The number of nitrogens with zero attached hydrogens (tertiary/aromatic N) is 2. The predicted octanol–water partition coefficient (Wildman–Crippen LogP) is 16.0. The number of anilines is 2. The third kappa shape index (κ3) is 6.29. The number of allylic oxidation sites excluding steroid dienone is 4. The third-order valence-electron chi connectivity index (χ3n) is 14.3. The average Bonchev–Trinajstić information content (AvgIpc) is 3.85. The number of aromatic nitrogens is 1. The lowest BCUT2D eigenvalue weighted by Gasteiger charge is -2.31. The van der Waals surface area contributed by atoms with Crippen LogP contribution in [0.25, 0.3) is 73.0 Å². The maximum absolute atomic E-state index is 2.60. The topological polar surface area (TPSA) is 8.17 Å². The first-order valence-corrected chi connectivity index (χ1v) is 23.3. The fourth-order valence-corrected chi connectivity index (χ4v) is 11.3. The Morgan fingerprint density at radius 1 is 0.635 bits per heavy atom. The van der Waals surface area contributed by atoms with E-state index in [-0.39, 0.29) is 6.04 Å². The van der Waals surface area contributed by atoms with Gasteiger partial charge in [-0.25, -0.2) is 0 Å². The molecule has 306 valence electrons. The van der Waals surface area contributed by atoms with Crippen molar-refractivity contribution in [1.29, 1.82) is 0 Å². The number of para-hydroxylation sites is 2. The van der Waals surface area contributed by atoms with Gasteiger partial charge in [-0.05, 0) is 172 Å².